The van der Waals surface area contributed by atoms with E-state index in [1.165, 1.54) is 11.1 Å². The highest BCUT2D eigenvalue weighted by Crippen LogP contribution is 2.47. The van der Waals surface area contributed by atoms with E-state index in [0.29, 0.717) is 24.0 Å². The molecule has 0 radical (unpaired) electrons. The molecule has 0 unspecified atom stereocenters. The minimum absolute atomic E-state index is 0.0840. The zero-order chi connectivity index (χ0) is 14.7. The minimum atomic E-state index is 0.0840. The molecule has 2 heteroatoms. The third-order valence-corrected chi connectivity index (χ3v) is 5.17. The van der Waals surface area contributed by atoms with Gasteiger partial charge in [0, 0.05) is 24.0 Å². The van der Waals surface area contributed by atoms with Gasteiger partial charge in [0.15, 0.2) is 11.6 Å². The number of rotatable bonds is 0. The number of ketones is 2. The van der Waals surface area contributed by atoms with E-state index < -0.39 is 0 Å². The van der Waals surface area contributed by atoms with Gasteiger partial charge in [-0.25, -0.2) is 0 Å². The van der Waals surface area contributed by atoms with Gasteiger partial charge in [0.25, 0.3) is 0 Å². The highest BCUT2D eigenvalue weighted by atomic mass is 16.1. The predicted molar refractivity (Wildman–Crippen MR) is 79.6 cm³/mol. The molecule has 0 saturated carbocycles. The quantitative estimate of drug-likeness (QED) is 0.708. The number of fused-ring (bicyclic) bond motifs is 2. The van der Waals surface area contributed by atoms with Gasteiger partial charge >= 0.3 is 0 Å². The first-order valence-electron chi connectivity index (χ1n) is 7.48. The van der Waals surface area contributed by atoms with Gasteiger partial charge in [0.2, 0.25) is 0 Å². The fourth-order valence-corrected chi connectivity index (χ4v) is 3.57. The fourth-order valence-electron chi connectivity index (χ4n) is 3.57. The van der Waals surface area contributed by atoms with E-state index in [1.807, 2.05) is 12.1 Å². The van der Waals surface area contributed by atoms with Gasteiger partial charge in [0.1, 0.15) is 0 Å². The van der Waals surface area contributed by atoms with Crippen LogP contribution in [0.4, 0.5) is 0 Å². The largest absolute Gasteiger partial charge is 0.294 e. The number of Topliss-reactive ketones (excluding diaryl/α,β-unsaturated/α-hetero) is 2. The lowest BCUT2D eigenvalue weighted by Gasteiger charge is -2.42. The van der Waals surface area contributed by atoms with Crippen molar-refractivity contribution in [1.29, 1.82) is 0 Å². The number of hydrogen-bond donors (Lipinski definition) is 0. The van der Waals surface area contributed by atoms with Crippen LogP contribution in [0.1, 0.15) is 85.2 Å². The summed E-state index contributed by atoms with van der Waals surface area (Å²) in [6.07, 6.45) is 2.98. The maximum Gasteiger partial charge on any atom is 0.164 e. The second kappa shape index (κ2) is 4.03. The Hall–Kier alpha value is -1.44. The van der Waals surface area contributed by atoms with E-state index in [9.17, 15) is 9.59 Å². The molecule has 0 amide bonds. The van der Waals surface area contributed by atoms with Crippen LogP contribution in [0.3, 0.4) is 0 Å². The minimum Gasteiger partial charge on any atom is -0.294 e. The summed E-state index contributed by atoms with van der Waals surface area (Å²) in [6.45, 7) is 8.95. The Morgan fingerprint density at radius 2 is 1.10 bits per heavy atom. The van der Waals surface area contributed by atoms with Crippen molar-refractivity contribution in [2.75, 3.05) is 0 Å². The molecule has 0 atom stereocenters. The van der Waals surface area contributed by atoms with Crippen molar-refractivity contribution in [3.05, 3.63) is 34.4 Å². The SMILES string of the molecule is CC1(C)CCC(C)(C)c2cc3c(cc21)C(=O)CCC3=O. The van der Waals surface area contributed by atoms with Gasteiger partial charge in [-0.3, -0.25) is 9.59 Å². The number of carbonyl (C=O) groups is 2. The van der Waals surface area contributed by atoms with Crippen molar-refractivity contribution in [3.8, 4) is 0 Å². The Balaban J connectivity index is 2.30. The maximum atomic E-state index is 12.1. The Kier molecular flexibility index (Phi) is 2.73. The summed E-state index contributed by atoms with van der Waals surface area (Å²) in [5.41, 5.74) is 4.00. The molecule has 2 nitrogen and oxygen atoms in total. The van der Waals surface area contributed by atoms with Crippen molar-refractivity contribution in [1.82, 2.24) is 0 Å². The Morgan fingerprint density at radius 3 is 1.45 bits per heavy atom. The molecule has 0 bridgehead atoms. The van der Waals surface area contributed by atoms with E-state index in [0.717, 1.165) is 12.8 Å². The molecule has 2 aliphatic carbocycles. The number of carbonyl (C=O) groups excluding carboxylic acids is 2. The van der Waals surface area contributed by atoms with Gasteiger partial charge in [-0.1, -0.05) is 27.7 Å². The normalized spacial score (nSPS) is 23.2. The highest BCUT2D eigenvalue weighted by molar-refractivity contribution is 6.14. The fraction of sp³-hybridized carbons (Fsp3) is 0.556. The van der Waals surface area contributed by atoms with Crippen molar-refractivity contribution in [2.45, 2.75) is 64.2 Å². The van der Waals surface area contributed by atoms with E-state index in [2.05, 4.69) is 27.7 Å². The zero-order valence-electron chi connectivity index (χ0n) is 12.8. The monoisotopic (exact) mass is 270 g/mol. The highest BCUT2D eigenvalue weighted by Gasteiger charge is 2.39. The van der Waals surface area contributed by atoms with Crippen molar-refractivity contribution < 1.29 is 9.59 Å². The van der Waals surface area contributed by atoms with E-state index in [1.54, 1.807) is 0 Å². The lowest BCUT2D eigenvalue weighted by Crippen LogP contribution is -2.35. The molecule has 2 aliphatic rings. The molecule has 1 aromatic carbocycles. The third-order valence-electron chi connectivity index (χ3n) is 5.17. The lowest BCUT2D eigenvalue weighted by atomic mass is 9.62. The summed E-state index contributed by atoms with van der Waals surface area (Å²) in [6, 6.07) is 4.04. The first-order chi connectivity index (χ1) is 9.22. The van der Waals surface area contributed by atoms with Gasteiger partial charge in [0.05, 0.1) is 0 Å². The van der Waals surface area contributed by atoms with Gasteiger partial charge < -0.3 is 0 Å². The molecule has 0 aromatic heterocycles. The van der Waals surface area contributed by atoms with E-state index in [4.69, 9.17) is 0 Å². The van der Waals surface area contributed by atoms with Crippen molar-refractivity contribution >= 4 is 11.6 Å². The number of hydrogen-bond acceptors (Lipinski definition) is 2. The molecular weight excluding hydrogens is 248 g/mol. The Bertz CT molecular complexity index is 566. The van der Waals surface area contributed by atoms with Gasteiger partial charge in [-0.2, -0.15) is 0 Å². The first kappa shape index (κ1) is 13.5. The van der Waals surface area contributed by atoms with E-state index >= 15 is 0 Å². The predicted octanol–water partition coefficient (Wildman–Crippen LogP) is 4.19. The average molecular weight is 270 g/mol. The van der Waals surface area contributed by atoms with Crippen LogP contribution in [-0.2, 0) is 10.8 Å². The molecule has 106 valence electrons. The Morgan fingerprint density at radius 1 is 0.750 bits per heavy atom. The average Bonchev–Trinajstić information content (AvgIpc) is 2.39. The molecule has 0 heterocycles. The summed E-state index contributed by atoms with van der Waals surface area (Å²) in [4.78, 5) is 24.3. The van der Waals surface area contributed by atoms with Crippen LogP contribution in [-0.4, -0.2) is 11.6 Å². The second-order valence-corrected chi connectivity index (χ2v) is 7.56. The molecule has 0 N–H and O–H groups in total. The zero-order valence-corrected chi connectivity index (χ0v) is 12.8. The second-order valence-electron chi connectivity index (χ2n) is 7.56. The Labute approximate surface area is 120 Å². The van der Waals surface area contributed by atoms with Gasteiger partial charge in [-0.05, 0) is 46.9 Å². The summed E-state index contributed by atoms with van der Waals surface area (Å²) in [7, 11) is 0. The van der Waals surface area contributed by atoms with Crippen LogP contribution in [0.2, 0.25) is 0 Å². The molecular formula is C18H22O2. The van der Waals surface area contributed by atoms with E-state index in [-0.39, 0.29) is 22.4 Å². The maximum absolute atomic E-state index is 12.1. The summed E-state index contributed by atoms with van der Waals surface area (Å²) in [5.74, 6) is 0.253. The topological polar surface area (TPSA) is 34.1 Å². The molecule has 0 aliphatic heterocycles. The summed E-state index contributed by atoms with van der Waals surface area (Å²) >= 11 is 0. The third kappa shape index (κ3) is 1.85. The van der Waals surface area contributed by atoms with Gasteiger partial charge in [-0.15, -0.1) is 0 Å². The van der Waals surface area contributed by atoms with Crippen LogP contribution in [0.25, 0.3) is 0 Å². The molecule has 20 heavy (non-hydrogen) atoms. The standard InChI is InChI=1S/C18H22O2/c1-17(2)7-8-18(3,4)14-10-12-11(9-13(14)17)15(19)5-6-16(12)20/h9-10H,5-8H2,1-4H3. The van der Waals surface area contributed by atoms with Crippen molar-refractivity contribution in [2.24, 2.45) is 0 Å². The molecule has 0 saturated heterocycles. The molecule has 0 spiro atoms. The molecule has 1 aromatic rings. The smallest absolute Gasteiger partial charge is 0.164 e. The number of benzene rings is 1. The molecule has 0 fully saturated rings. The summed E-state index contributed by atoms with van der Waals surface area (Å²) in [5, 5.41) is 0. The van der Waals surface area contributed by atoms with Crippen LogP contribution in [0.15, 0.2) is 12.1 Å². The van der Waals surface area contributed by atoms with Crippen LogP contribution >= 0.6 is 0 Å². The van der Waals surface area contributed by atoms with Crippen LogP contribution in [0.5, 0.6) is 0 Å². The van der Waals surface area contributed by atoms with Crippen LogP contribution in [0, 0.1) is 0 Å². The van der Waals surface area contributed by atoms with Crippen molar-refractivity contribution in [3.63, 3.8) is 0 Å². The summed E-state index contributed by atoms with van der Waals surface area (Å²) < 4.78 is 0. The lowest BCUT2D eigenvalue weighted by molar-refractivity contribution is 0.0889. The first-order valence-corrected chi connectivity index (χ1v) is 7.48. The molecule has 3 rings (SSSR count). The van der Waals surface area contributed by atoms with Crippen LogP contribution < -0.4 is 0 Å².